The van der Waals surface area contributed by atoms with Gasteiger partial charge in [0.15, 0.2) is 33.2 Å². The van der Waals surface area contributed by atoms with Crippen LogP contribution in [0.25, 0.3) is 0 Å². The summed E-state index contributed by atoms with van der Waals surface area (Å²) in [7, 11) is -21.2. The molecule has 5 aliphatic rings. The van der Waals surface area contributed by atoms with Crippen LogP contribution in [0.5, 0.6) is 0 Å². The van der Waals surface area contributed by atoms with E-state index in [1.54, 1.807) is 13.1 Å². The number of ether oxygens (including phenoxy) is 4. The van der Waals surface area contributed by atoms with Gasteiger partial charge in [-0.05, 0) is 54.1 Å². The Morgan fingerprint density at radius 1 is 0.592 bits per heavy atom. The van der Waals surface area contributed by atoms with Gasteiger partial charge in [0.1, 0.15) is 102 Å². The number of aliphatic imine (C=N–C) groups is 1. The van der Waals surface area contributed by atoms with Crippen molar-refractivity contribution in [3.63, 3.8) is 0 Å². The minimum absolute atomic E-state index is 0. The third kappa shape index (κ3) is 26.0. The highest BCUT2D eigenvalue weighted by Crippen LogP contribution is 2.43. The quantitative estimate of drug-likeness (QED) is 0.0308. The van der Waals surface area contributed by atoms with Crippen molar-refractivity contribution < 1.29 is 145 Å². The van der Waals surface area contributed by atoms with E-state index in [9.17, 15) is 78.3 Å². The number of amides is 1. The van der Waals surface area contributed by atoms with E-state index in [0.717, 1.165) is 13.7 Å². The lowest BCUT2D eigenvalue weighted by atomic mass is 10.1. The van der Waals surface area contributed by atoms with E-state index >= 15 is 0 Å². The molecule has 16 atom stereocenters. The summed E-state index contributed by atoms with van der Waals surface area (Å²) in [4.78, 5) is 133. The SMILES string of the molecule is C.C.C.C=C1N=C(NC(C)=O)C(CC)=CN1[C@@H]1OC(COP(=O)(O)O)[C@@H](O)[C@H]1O.CC(C)(C)[Si](C)(C)OCc1cn([C@@H]2OC(COP(=O)(O)O)[C@@H](O)[C@H]2O)c(=O)nc1N.Cc1cn([C@@H]2OC(COP(=O)(O)O)[C@@H](O)[C@H]2O)c(=O)nc1N.Nc1nc(=O)n([C@@H]2OC(COP(=O)(O)O)[C@@H](O)[C@H]2O)cc1I. The van der Waals surface area contributed by atoms with Crippen molar-refractivity contribution in [2.24, 2.45) is 4.99 Å². The molecule has 51 heteroatoms. The summed E-state index contributed by atoms with van der Waals surface area (Å²) in [5.74, 6) is 0.192. The molecule has 1 amide bonds. The predicted octanol–water partition coefficient (Wildman–Crippen LogP) is -2.84. The first kappa shape index (κ1) is 94.4. The van der Waals surface area contributed by atoms with Crippen LogP contribution >= 0.6 is 53.9 Å². The van der Waals surface area contributed by atoms with Crippen molar-refractivity contribution in [3.8, 4) is 0 Å². The number of hydrogen-bond donors (Lipinski definition) is 20. The number of nitrogens with two attached hydrogens (primary N) is 3. The molecule has 0 spiro atoms. The standard InChI is InChI=1S/C16H30N3O9PSi.C14H22N3O8P.C10H16N3O8P.C9H13IN3O8P.3CH4/c1-16(2,3)30(4,5)27-7-9-6-19(15(22)18-13(9)17)14-12(21)11(20)10(28-14)8-26-29(23,24)25;1-4-9-5-17(7(2)15-13(9)16-8(3)18)14-12(20)11(19)10(25-14)6-24-26(21,22)23;1-4-2-13(10(16)12-8(4)11)9-7(15)6(14)5(21-9)3-20-22(17,18)19;10-3-1-13(9(16)12-7(3)11)8-6(15)5(14)4(21-8)2-20-22(17,18)19;;;/h6,10-12,14,20-21H,7-8H2,1-5H3,(H2,17,18,22)(H2,23,24,25);5,10-12,14,19-20H,2,4,6H2,1,3H3,(H,15,16,18)(H2,21,22,23);2,5-7,9,14-15H,3H2,1H3,(H2,11,12,16)(H2,17,18,19);1,4-6,8,14-15H,2H2,(H2,11,12,16)(H2,17,18,19);3*1H4/t2*10?,11-,12-,14-;5?,6-,7-,9-;4?,5-,6-,8-;;;/m1111.../s1. The number of carbonyl (C=O) groups is 1. The lowest BCUT2D eigenvalue weighted by Gasteiger charge is -2.36. The average molecular weight is 1690 g/mol. The molecular formula is C52H93IN12O33P4Si. The zero-order valence-electron chi connectivity index (χ0n) is 54.1. The Balaban J connectivity index is 0.000000466. The Morgan fingerprint density at radius 3 is 1.27 bits per heavy atom. The number of carbonyl (C=O) groups excluding carboxylic acids is 1. The maximum atomic E-state index is 12.3. The highest BCUT2D eigenvalue weighted by molar-refractivity contribution is 14.1. The second kappa shape index (κ2) is 37.9. The first-order chi connectivity index (χ1) is 45.8. The molecule has 3 aromatic heterocycles. The number of nitrogen functional groups attached to an aromatic ring is 3. The summed E-state index contributed by atoms with van der Waals surface area (Å²) in [6.45, 7) is 16.3. The predicted molar refractivity (Wildman–Crippen MR) is 369 cm³/mol. The van der Waals surface area contributed by atoms with Crippen molar-refractivity contribution in [1.82, 2.24) is 38.9 Å². The third-order valence-corrected chi connectivity index (χ3v) is 22.7. The number of anilines is 3. The maximum Gasteiger partial charge on any atom is 0.469 e. The zero-order chi connectivity index (χ0) is 76.0. The largest absolute Gasteiger partial charge is 0.469 e. The van der Waals surface area contributed by atoms with Gasteiger partial charge in [-0.25, -0.2) is 37.6 Å². The number of aliphatic hydroxyl groups is 8. The topological polar surface area (TPSA) is 702 Å². The normalized spacial score (nSPS) is 27.3. The van der Waals surface area contributed by atoms with Gasteiger partial charge in [-0.1, -0.05) is 56.6 Å². The number of aryl methyl sites for hydroxylation is 1. The van der Waals surface area contributed by atoms with Crippen LogP contribution < -0.4 is 39.6 Å². The fraction of sp³-hybridized carbons (Fsp3) is 0.654. The smallest absolute Gasteiger partial charge is 0.412 e. The van der Waals surface area contributed by atoms with E-state index in [2.05, 4.69) is 83.8 Å². The minimum atomic E-state index is -4.80. The van der Waals surface area contributed by atoms with Gasteiger partial charge in [0.05, 0.1) is 36.6 Å². The summed E-state index contributed by atoms with van der Waals surface area (Å²) in [6, 6.07) is 0. The molecule has 590 valence electrons. The van der Waals surface area contributed by atoms with Crippen molar-refractivity contribution in [2.45, 2.75) is 193 Å². The monoisotopic (exact) mass is 1690 g/mol. The molecule has 4 saturated heterocycles. The fourth-order valence-corrected chi connectivity index (χ4v) is 11.8. The van der Waals surface area contributed by atoms with Gasteiger partial charge in [-0.15, -0.1) is 0 Å². The molecule has 103 heavy (non-hydrogen) atoms. The van der Waals surface area contributed by atoms with E-state index in [1.807, 2.05) is 29.5 Å². The number of halogens is 1. The van der Waals surface area contributed by atoms with Crippen LogP contribution in [-0.4, -0.2) is 240 Å². The number of phosphoric acid groups is 4. The van der Waals surface area contributed by atoms with Gasteiger partial charge in [-0.2, -0.15) is 15.0 Å². The third-order valence-electron chi connectivity index (χ3n) is 15.5. The number of rotatable bonds is 20. The molecule has 0 bridgehead atoms. The molecule has 23 N–H and O–H groups in total. The van der Waals surface area contributed by atoms with Gasteiger partial charge >= 0.3 is 48.4 Å². The minimum Gasteiger partial charge on any atom is -0.412 e. The maximum absolute atomic E-state index is 12.3. The molecular weight excluding hydrogens is 1600 g/mol. The van der Waals surface area contributed by atoms with E-state index in [0.29, 0.717) is 32.5 Å². The molecule has 0 aliphatic carbocycles. The van der Waals surface area contributed by atoms with E-state index < -0.39 is 181 Å². The summed E-state index contributed by atoms with van der Waals surface area (Å²) in [5, 5.41) is 82.8. The number of amidine groups is 1. The number of aliphatic hydroxyl groups excluding tert-OH is 8. The number of phosphoric ester groups is 4. The van der Waals surface area contributed by atoms with Gasteiger partial charge < -0.3 is 131 Å². The van der Waals surface area contributed by atoms with Crippen molar-refractivity contribution in [2.75, 3.05) is 43.6 Å². The van der Waals surface area contributed by atoms with Crippen LogP contribution in [0.15, 0.2) is 62.1 Å². The van der Waals surface area contributed by atoms with Crippen LogP contribution in [0.2, 0.25) is 18.1 Å². The summed E-state index contributed by atoms with van der Waals surface area (Å²) < 4.78 is 90.9. The average Bonchev–Trinajstić information content (AvgIpc) is 1.69. The molecule has 8 heterocycles. The van der Waals surface area contributed by atoms with E-state index in [4.69, 9.17) is 79.7 Å². The van der Waals surface area contributed by atoms with E-state index in [-0.39, 0.29) is 63.1 Å². The Morgan fingerprint density at radius 2 is 0.922 bits per heavy atom. The van der Waals surface area contributed by atoms with Crippen LogP contribution in [0.1, 0.15) is 93.1 Å². The first-order valence-electron chi connectivity index (χ1n) is 29.1. The van der Waals surface area contributed by atoms with Crippen molar-refractivity contribution >= 4 is 91.4 Å². The van der Waals surface area contributed by atoms with Crippen molar-refractivity contribution in [3.05, 3.63) is 88.9 Å². The Kier molecular flexibility index (Phi) is 34.8. The van der Waals surface area contributed by atoms with E-state index in [1.165, 1.54) is 30.4 Å². The molecule has 3 aromatic rings. The fourth-order valence-electron chi connectivity index (χ4n) is 9.08. The van der Waals surface area contributed by atoms with Crippen LogP contribution in [-0.2, 0) is 71.1 Å². The number of hydrogen-bond acceptors (Lipinski definition) is 33. The Labute approximate surface area is 602 Å². The highest BCUT2D eigenvalue weighted by Gasteiger charge is 2.50. The Bertz CT molecular complexity index is 3740. The summed E-state index contributed by atoms with van der Waals surface area (Å²) in [5.41, 5.74) is 15.9. The second-order valence-corrected chi connectivity index (χ2v) is 34.8. The molecule has 0 saturated carbocycles. The molecule has 5 aliphatic heterocycles. The number of nitrogens with one attached hydrogen (secondary N) is 1. The Hall–Kier alpha value is -4.67. The molecule has 45 nitrogen and oxygen atoms in total. The molecule has 0 radical (unpaired) electrons. The molecule has 8 rings (SSSR count). The zero-order valence-corrected chi connectivity index (χ0v) is 60.8. The highest BCUT2D eigenvalue weighted by atomic mass is 127. The summed E-state index contributed by atoms with van der Waals surface area (Å²) in [6.07, 6.45) is -15.8. The lowest BCUT2D eigenvalue weighted by Crippen LogP contribution is -2.43. The second-order valence-electron chi connectivity index (χ2n) is 23.9. The van der Waals surface area contributed by atoms with Gasteiger partial charge in [0.25, 0.3) is 0 Å². The van der Waals surface area contributed by atoms with Crippen LogP contribution in [0.4, 0.5) is 17.5 Å². The van der Waals surface area contributed by atoms with Crippen molar-refractivity contribution in [1.29, 1.82) is 0 Å². The van der Waals surface area contributed by atoms with Gasteiger partial charge in [0, 0.05) is 48.4 Å². The number of nitrogens with zero attached hydrogens (tertiary/aromatic N) is 8. The van der Waals surface area contributed by atoms with Gasteiger partial charge in [0.2, 0.25) is 5.91 Å². The molecule has 4 fully saturated rings. The van der Waals surface area contributed by atoms with Crippen LogP contribution in [0.3, 0.4) is 0 Å². The molecule has 4 unspecified atom stereocenters. The number of aromatic nitrogens is 6. The molecule has 0 aromatic carbocycles. The summed E-state index contributed by atoms with van der Waals surface area (Å²) >= 11 is 1.82. The first-order valence-corrected chi connectivity index (χ1v) is 39.2. The van der Waals surface area contributed by atoms with Gasteiger partial charge in [-0.3, -0.25) is 36.6 Å². The van der Waals surface area contributed by atoms with Crippen LogP contribution in [0, 0.1) is 10.5 Å². The lowest BCUT2D eigenvalue weighted by molar-refractivity contribution is -0.117.